The molecule has 3 nitrogen and oxygen atoms in total. The summed E-state index contributed by atoms with van der Waals surface area (Å²) in [5, 5.41) is 0. The molecule has 0 fully saturated rings. The average Bonchev–Trinajstić information content (AvgIpc) is 2.15. The van der Waals surface area contributed by atoms with Crippen molar-refractivity contribution in [3.63, 3.8) is 0 Å². The van der Waals surface area contributed by atoms with E-state index in [0.29, 0.717) is 18.9 Å². The van der Waals surface area contributed by atoms with Gasteiger partial charge in [0, 0.05) is 6.42 Å². The van der Waals surface area contributed by atoms with E-state index in [1.165, 1.54) is 0 Å². The van der Waals surface area contributed by atoms with Crippen LogP contribution in [0.15, 0.2) is 0 Å². The summed E-state index contributed by atoms with van der Waals surface area (Å²) in [5.41, 5.74) is 5.65. The van der Waals surface area contributed by atoms with Gasteiger partial charge in [-0.25, -0.2) is 0 Å². The van der Waals surface area contributed by atoms with E-state index >= 15 is 0 Å². The van der Waals surface area contributed by atoms with E-state index in [9.17, 15) is 4.79 Å². The SMILES string of the molecule is CCCC(C)OC(=O)C[C@@H](CN)CC(C)C.Cl. The summed E-state index contributed by atoms with van der Waals surface area (Å²) in [4.78, 5) is 11.6. The Labute approximate surface area is 112 Å². The van der Waals surface area contributed by atoms with Crippen molar-refractivity contribution in [2.24, 2.45) is 17.6 Å². The number of hydrogen-bond donors (Lipinski definition) is 1. The molecule has 0 saturated heterocycles. The zero-order valence-corrected chi connectivity index (χ0v) is 12.4. The van der Waals surface area contributed by atoms with Gasteiger partial charge in [-0.15, -0.1) is 12.4 Å². The molecule has 0 saturated carbocycles. The van der Waals surface area contributed by atoms with Gasteiger partial charge in [-0.3, -0.25) is 4.79 Å². The first-order valence-corrected chi connectivity index (χ1v) is 6.39. The predicted molar refractivity (Wildman–Crippen MR) is 74.3 cm³/mol. The van der Waals surface area contributed by atoms with Gasteiger partial charge in [0.2, 0.25) is 0 Å². The van der Waals surface area contributed by atoms with Gasteiger partial charge in [-0.1, -0.05) is 27.2 Å². The minimum Gasteiger partial charge on any atom is -0.463 e. The second-order valence-electron chi connectivity index (χ2n) is 5.02. The van der Waals surface area contributed by atoms with Crippen LogP contribution in [0.2, 0.25) is 0 Å². The van der Waals surface area contributed by atoms with Crippen molar-refractivity contribution in [3.8, 4) is 0 Å². The lowest BCUT2D eigenvalue weighted by Crippen LogP contribution is -2.23. The van der Waals surface area contributed by atoms with Crippen LogP contribution in [-0.2, 0) is 9.53 Å². The van der Waals surface area contributed by atoms with Crippen LogP contribution in [0.3, 0.4) is 0 Å². The molecular weight excluding hydrogens is 238 g/mol. The van der Waals surface area contributed by atoms with E-state index in [-0.39, 0.29) is 30.4 Å². The molecule has 0 heterocycles. The molecular formula is C13H28ClNO2. The highest BCUT2D eigenvalue weighted by atomic mass is 35.5. The van der Waals surface area contributed by atoms with Crippen LogP contribution in [-0.4, -0.2) is 18.6 Å². The van der Waals surface area contributed by atoms with Crippen LogP contribution < -0.4 is 5.73 Å². The molecule has 104 valence electrons. The van der Waals surface area contributed by atoms with Gasteiger partial charge in [0.25, 0.3) is 0 Å². The van der Waals surface area contributed by atoms with E-state index in [1.807, 2.05) is 6.92 Å². The number of esters is 1. The van der Waals surface area contributed by atoms with Crippen molar-refractivity contribution in [3.05, 3.63) is 0 Å². The lowest BCUT2D eigenvalue weighted by Gasteiger charge is -2.18. The first-order valence-electron chi connectivity index (χ1n) is 6.39. The number of ether oxygens (including phenoxy) is 1. The normalized spacial score (nSPS) is 14.0. The molecule has 1 unspecified atom stereocenters. The van der Waals surface area contributed by atoms with Crippen LogP contribution in [0.4, 0.5) is 0 Å². The van der Waals surface area contributed by atoms with E-state index in [0.717, 1.165) is 19.3 Å². The van der Waals surface area contributed by atoms with E-state index in [2.05, 4.69) is 20.8 Å². The van der Waals surface area contributed by atoms with Crippen LogP contribution in [0.1, 0.15) is 53.4 Å². The monoisotopic (exact) mass is 265 g/mol. The van der Waals surface area contributed by atoms with Crippen molar-refractivity contribution >= 4 is 18.4 Å². The molecule has 0 aliphatic heterocycles. The van der Waals surface area contributed by atoms with E-state index < -0.39 is 0 Å². The lowest BCUT2D eigenvalue weighted by molar-refractivity contribution is -0.149. The highest BCUT2D eigenvalue weighted by molar-refractivity contribution is 5.85. The largest absolute Gasteiger partial charge is 0.463 e. The fraction of sp³-hybridized carbons (Fsp3) is 0.923. The molecule has 2 atom stereocenters. The Kier molecular flexibility index (Phi) is 12.2. The molecule has 0 aliphatic carbocycles. The van der Waals surface area contributed by atoms with Crippen LogP contribution in [0.25, 0.3) is 0 Å². The molecule has 0 bridgehead atoms. The minimum absolute atomic E-state index is 0. The highest BCUT2D eigenvalue weighted by Gasteiger charge is 2.16. The van der Waals surface area contributed by atoms with Crippen molar-refractivity contribution in [2.75, 3.05) is 6.54 Å². The number of rotatable bonds is 8. The molecule has 17 heavy (non-hydrogen) atoms. The number of carbonyl (C=O) groups excluding carboxylic acids is 1. The fourth-order valence-electron chi connectivity index (χ4n) is 1.90. The van der Waals surface area contributed by atoms with Gasteiger partial charge in [-0.2, -0.15) is 0 Å². The molecule has 0 aromatic heterocycles. The van der Waals surface area contributed by atoms with Crippen molar-refractivity contribution < 1.29 is 9.53 Å². The quantitative estimate of drug-likeness (QED) is 0.686. The second-order valence-corrected chi connectivity index (χ2v) is 5.02. The van der Waals surface area contributed by atoms with Crippen LogP contribution in [0, 0.1) is 11.8 Å². The lowest BCUT2D eigenvalue weighted by atomic mass is 9.94. The summed E-state index contributed by atoms with van der Waals surface area (Å²) in [6, 6.07) is 0. The summed E-state index contributed by atoms with van der Waals surface area (Å²) in [7, 11) is 0. The maximum Gasteiger partial charge on any atom is 0.306 e. The number of nitrogens with two attached hydrogens (primary N) is 1. The third kappa shape index (κ3) is 10.6. The Morgan fingerprint density at radius 2 is 1.88 bits per heavy atom. The summed E-state index contributed by atoms with van der Waals surface area (Å²) in [5.74, 6) is 0.743. The molecule has 0 aromatic carbocycles. The Bertz CT molecular complexity index is 198. The molecule has 0 radical (unpaired) electrons. The molecule has 0 spiro atoms. The molecule has 4 heteroatoms. The van der Waals surface area contributed by atoms with E-state index in [4.69, 9.17) is 10.5 Å². The molecule has 0 aliphatic rings. The topological polar surface area (TPSA) is 52.3 Å². The Balaban J connectivity index is 0. The van der Waals surface area contributed by atoms with Gasteiger partial charge < -0.3 is 10.5 Å². The minimum atomic E-state index is -0.1000. The predicted octanol–water partition coefficient (Wildman–Crippen LogP) is 3.15. The van der Waals surface area contributed by atoms with Crippen LogP contribution >= 0.6 is 12.4 Å². The van der Waals surface area contributed by atoms with Gasteiger partial charge in [-0.05, 0) is 38.1 Å². The number of halogens is 1. The molecule has 0 rings (SSSR count). The van der Waals surface area contributed by atoms with Crippen molar-refractivity contribution in [2.45, 2.75) is 59.5 Å². The third-order valence-electron chi connectivity index (χ3n) is 2.62. The third-order valence-corrected chi connectivity index (χ3v) is 2.62. The maximum absolute atomic E-state index is 11.6. The summed E-state index contributed by atoms with van der Waals surface area (Å²) < 4.78 is 5.31. The molecule has 0 amide bonds. The molecule has 0 aromatic rings. The average molecular weight is 266 g/mol. The molecule has 2 N–H and O–H groups in total. The van der Waals surface area contributed by atoms with Gasteiger partial charge in [0.15, 0.2) is 0 Å². The maximum atomic E-state index is 11.6. The summed E-state index contributed by atoms with van der Waals surface area (Å²) >= 11 is 0. The van der Waals surface area contributed by atoms with Crippen molar-refractivity contribution in [1.29, 1.82) is 0 Å². The van der Waals surface area contributed by atoms with Crippen LogP contribution in [0.5, 0.6) is 0 Å². The van der Waals surface area contributed by atoms with E-state index in [1.54, 1.807) is 0 Å². The Morgan fingerprint density at radius 1 is 1.29 bits per heavy atom. The number of carbonyl (C=O) groups is 1. The van der Waals surface area contributed by atoms with Crippen molar-refractivity contribution in [1.82, 2.24) is 0 Å². The Hall–Kier alpha value is -0.280. The first-order chi connectivity index (χ1) is 7.49. The summed E-state index contributed by atoms with van der Waals surface area (Å²) in [6.45, 7) is 8.89. The van der Waals surface area contributed by atoms with Gasteiger partial charge >= 0.3 is 5.97 Å². The fourth-order valence-corrected chi connectivity index (χ4v) is 1.90. The smallest absolute Gasteiger partial charge is 0.306 e. The highest BCUT2D eigenvalue weighted by Crippen LogP contribution is 2.15. The van der Waals surface area contributed by atoms with Gasteiger partial charge in [0.1, 0.15) is 0 Å². The Morgan fingerprint density at radius 3 is 2.29 bits per heavy atom. The zero-order chi connectivity index (χ0) is 12.6. The number of hydrogen-bond acceptors (Lipinski definition) is 3. The first kappa shape index (κ1) is 19.1. The zero-order valence-electron chi connectivity index (χ0n) is 11.6. The second kappa shape index (κ2) is 10.8. The standard InChI is InChI=1S/C13H27NO2.ClH/c1-5-6-11(4)16-13(15)8-12(9-14)7-10(2)3;/h10-12H,5-9,14H2,1-4H3;1H/t11?,12-;/m0./s1. The van der Waals surface area contributed by atoms with Gasteiger partial charge in [0.05, 0.1) is 6.10 Å². The summed E-state index contributed by atoms with van der Waals surface area (Å²) in [6.07, 6.45) is 3.47.